The molecule has 4 heteroatoms. The highest BCUT2D eigenvalue weighted by Crippen LogP contribution is 2.23. The molecule has 23 heavy (non-hydrogen) atoms. The summed E-state index contributed by atoms with van der Waals surface area (Å²) in [4.78, 5) is 17.7. The number of aromatic nitrogens is 1. The van der Waals surface area contributed by atoms with Crippen molar-refractivity contribution in [3.8, 4) is 0 Å². The Labute approximate surface area is 139 Å². The van der Waals surface area contributed by atoms with Crippen LogP contribution in [0.3, 0.4) is 0 Å². The fraction of sp³-hybridized carbons (Fsp3) is 0.263. The predicted octanol–water partition coefficient (Wildman–Crippen LogP) is 4.39. The van der Waals surface area contributed by atoms with Gasteiger partial charge in [0.2, 0.25) is 0 Å². The van der Waals surface area contributed by atoms with Crippen molar-refractivity contribution < 1.29 is 4.79 Å². The molecule has 1 aromatic heterocycles. The average molecular weight is 324 g/mol. The maximum atomic E-state index is 12.6. The summed E-state index contributed by atoms with van der Waals surface area (Å²) in [5, 5.41) is 0. The maximum absolute atomic E-state index is 12.6. The van der Waals surface area contributed by atoms with Gasteiger partial charge in [-0.3, -0.25) is 4.79 Å². The minimum absolute atomic E-state index is 0.175. The Morgan fingerprint density at radius 1 is 1.13 bits per heavy atom. The molecule has 0 N–H and O–H groups in total. The van der Waals surface area contributed by atoms with Crippen LogP contribution in [0, 0.1) is 20.8 Å². The SMILES string of the molecule is CCn1c(=NC(=O)c2ccccc2C)sc2c(C)cc(C)cc21. The van der Waals surface area contributed by atoms with Gasteiger partial charge in [0, 0.05) is 12.1 Å². The van der Waals surface area contributed by atoms with E-state index < -0.39 is 0 Å². The number of rotatable bonds is 2. The molecule has 0 unspecified atom stereocenters. The number of hydrogen-bond acceptors (Lipinski definition) is 2. The van der Waals surface area contributed by atoms with Crippen LogP contribution in [0.5, 0.6) is 0 Å². The van der Waals surface area contributed by atoms with Crippen molar-refractivity contribution in [2.75, 3.05) is 0 Å². The smallest absolute Gasteiger partial charge is 0.279 e. The first kappa shape index (κ1) is 15.7. The van der Waals surface area contributed by atoms with Crippen molar-refractivity contribution >= 4 is 27.5 Å². The van der Waals surface area contributed by atoms with Gasteiger partial charge in [-0.05, 0) is 56.5 Å². The summed E-state index contributed by atoms with van der Waals surface area (Å²) in [6, 6.07) is 11.9. The average Bonchev–Trinajstić information content (AvgIpc) is 2.85. The second kappa shape index (κ2) is 6.13. The molecule has 0 aliphatic heterocycles. The molecule has 0 fully saturated rings. The molecule has 118 valence electrons. The van der Waals surface area contributed by atoms with Crippen molar-refractivity contribution in [3.63, 3.8) is 0 Å². The molecule has 0 bridgehead atoms. The van der Waals surface area contributed by atoms with E-state index in [9.17, 15) is 4.79 Å². The second-order valence-electron chi connectivity index (χ2n) is 5.79. The highest BCUT2D eigenvalue weighted by molar-refractivity contribution is 7.16. The van der Waals surface area contributed by atoms with Gasteiger partial charge in [-0.15, -0.1) is 0 Å². The first-order chi connectivity index (χ1) is 11.0. The zero-order valence-electron chi connectivity index (χ0n) is 13.9. The Balaban J connectivity index is 2.22. The maximum Gasteiger partial charge on any atom is 0.279 e. The van der Waals surface area contributed by atoms with E-state index in [2.05, 4.69) is 42.5 Å². The highest BCUT2D eigenvalue weighted by atomic mass is 32.1. The van der Waals surface area contributed by atoms with Gasteiger partial charge in [0.15, 0.2) is 4.80 Å². The fourth-order valence-electron chi connectivity index (χ4n) is 2.86. The number of carbonyl (C=O) groups excluding carboxylic acids is 1. The third-order valence-corrected chi connectivity index (χ3v) is 5.23. The topological polar surface area (TPSA) is 34.4 Å². The Bertz CT molecular complexity index is 963. The van der Waals surface area contributed by atoms with Crippen LogP contribution < -0.4 is 4.80 Å². The molecule has 1 amide bonds. The van der Waals surface area contributed by atoms with Crippen molar-refractivity contribution in [1.82, 2.24) is 4.57 Å². The van der Waals surface area contributed by atoms with Gasteiger partial charge in [-0.2, -0.15) is 4.99 Å². The monoisotopic (exact) mass is 324 g/mol. The van der Waals surface area contributed by atoms with E-state index >= 15 is 0 Å². The predicted molar refractivity (Wildman–Crippen MR) is 96.0 cm³/mol. The lowest BCUT2D eigenvalue weighted by molar-refractivity contribution is 0.0997. The Kier molecular flexibility index (Phi) is 4.18. The van der Waals surface area contributed by atoms with E-state index in [-0.39, 0.29) is 5.91 Å². The Morgan fingerprint density at radius 3 is 2.57 bits per heavy atom. The minimum atomic E-state index is -0.175. The van der Waals surface area contributed by atoms with Crippen LogP contribution in [0.1, 0.15) is 34.0 Å². The van der Waals surface area contributed by atoms with Crippen molar-refractivity contribution in [1.29, 1.82) is 0 Å². The van der Waals surface area contributed by atoms with Gasteiger partial charge >= 0.3 is 0 Å². The van der Waals surface area contributed by atoms with Crippen LogP contribution in [0.2, 0.25) is 0 Å². The van der Waals surface area contributed by atoms with Gasteiger partial charge in [0.1, 0.15) is 0 Å². The summed E-state index contributed by atoms with van der Waals surface area (Å²) in [6.07, 6.45) is 0. The summed E-state index contributed by atoms with van der Waals surface area (Å²) in [6.45, 7) is 9.02. The van der Waals surface area contributed by atoms with Crippen LogP contribution in [0.15, 0.2) is 41.4 Å². The standard InChI is InChI=1S/C19H20N2OS/c1-5-21-16-11-12(2)10-14(4)17(16)23-19(21)20-18(22)15-9-7-6-8-13(15)3/h6-11H,5H2,1-4H3. The number of thiazole rings is 1. The molecular weight excluding hydrogens is 304 g/mol. The van der Waals surface area contributed by atoms with Gasteiger partial charge in [0.05, 0.1) is 10.2 Å². The Morgan fingerprint density at radius 2 is 1.87 bits per heavy atom. The van der Waals surface area contributed by atoms with Crippen LogP contribution in [0.4, 0.5) is 0 Å². The fourth-order valence-corrected chi connectivity index (χ4v) is 4.01. The summed E-state index contributed by atoms with van der Waals surface area (Å²) >= 11 is 1.59. The first-order valence-corrected chi connectivity index (χ1v) is 8.58. The second-order valence-corrected chi connectivity index (χ2v) is 6.77. The molecule has 0 aliphatic rings. The molecular formula is C19H20N2OS. The van der Waals surface area contributed by atoms with Crippen molar-refractivity contribution in [2.45, 2.75) is 34.2 Å². The molecule has 1 heterocycles. The van der Waals surface area contributed by atoms with Crippen molar-refractivity contribution in [2.24, 2.45) is 4.99 Å². The van der Waals surface area contributed by atoms with E-state index in [4.69, 9.17) is 0 Å². The molecule has 2 aromatic carbocycles. The summed E-state index contributed by atoms with van der Waals surface area (Å²) in [7, 11) is 0. The molecule has 3 aromatic rings. The third kappa shape index (κ3) is 2.86. The highest BCUT2D eigenvalue weighted by Gasteiger charge is 2.11. The number of carbonyl (C=O) groups is 1. The number of benzene rings is 2. The van der Waals surface area contributed by atoms with E-state index in [0.717, 1.165) is 22.4 Å². The number of fused-ring (bicyclic) bond motifs is 1. The quantitative estimate of drug-likeness (QED) is 0.688. The van der Waals surface area contributed by atoms with E-state index in [1.807, 2.05) is 31.2 Å². The molecule has 0 aliphatic carbocycles. The van der Waals surface area contributed by atoms with Crippen LogP contribution in [-0.4, -0.2) is 10.5 Å². The molecule has 3 rings (SSSR count). The molecule has 0 saturated carbocycles. The lowest BCUT2D eigenvalue weighted by Crippen LogP contribution is -2.16. The van der Waals surface area contributed by atoms with Crippen LogP contribution in [0.25, 0.3) is 10.2 Å². The largest absolute Gasteiger partial charge is 0.317 e. The summed E-state index contributed by atoms with van der Waals surface area (Å²) < 4.78 is 3.32. The van der Waals surface area contributed by atoms with Gasteiger partial charge in [-0.1, -0.05) is 35.6 Å². The third-order valence-electron chi connectivity index (χ3n) is 4.00. The van der Waals surface area contributed by atoms with Gasteiger partial charge in [0.25, 0.3) is 5.91 Å². The number of amides is 1. The Hall–Kier alpha value is -2.20. The number of hydrogen-bond donors (Lipinski definition) is 0. The normalized spacial score (nSPS) is 12.1. The zero-order valence-corrected chi connectivity index (χ0v) is 14.7. The minimum Gasteiger partial charge on any atom is -0.317 e. The summed E-state index contributed by atoms with van der Waals surface area (Å²) in [5.74, 6) is -0.175. The van der Waals surface area contributed by atoms with Gasteiger partial charge in [-0.25, -0.2) is 0 Å². The zero-order chi connectivity index (χ0) is 16.6. The van der Waals surface area contributed by atoms with E-state index in [1.165, 1.54) is 15.8 Å². The van der Waals surface area contributed by atoms with Crippen molar-refractivity contribution in [3.05, 3.63) is 63.5 Å². The summed E-state index contributed by atoms with van der Waals surface area (Å²) in [5.41, 5.74) is 5.24. The molecule has 0 atom stereocenters. The lowest BCUT2D eigenvalue weighted by atomic mass is 10.1. The van der Waals surface area contributed by atoms with E-state index in [0.29, 0.717) is 5.56 Å². The molecule has 3 nitrogen and oxygen atoms in total. The number of nitrogens with zero attached hydrogens (tertiary/aromatic N) is 2. The molecule has 0 spiro atoms. The number of aryl methyl sites for hydroxylation is 4. The molecule has 0 radical (unpaired) electrons. The van der Waals surface area contributed by atoms with Crippen LogP contribution >= 0.6 is 11.3 Å². The van der Waals surface area contributed by atoms with Gasteiger partial charge < -0.3 is 4.57 Å². The first-order valence-electron chi connectivity index (χ1n) is 7.76. The van der Waals surface area contributed by atoms with Crippen LogP contribution in [-0.2, 0) is 6.54 Å². The lowest BCUT2D eigenvalue weighted by Gasteiger charge is -2.03. The van der Waals surface area contributed by atoms with E-state index in [1.54, 1.807) is 11.3 Å². The molecule has 0 saturated heterocycles.